The van der Waals surface area contributed by atoms with Crippen LogP contribution in [-0.4, -0.2) is 8.07 Å². The van der Waals surface area contributed by atoms with Crippen LogP contribution in [0.1, 0.15) is 46.5 Å². The van der Waals surface area contributed by atoms with Crippen LogP contribution in [0.15, 0.2) is 30.3 Å². The van der Waals surface area contributed by atoms with E-state index in [0.717, 1.165) is 11.5 Å². The maximum atomic E-state index is 2.57. The van der Waals surface area contributed by atoms with Crippen molar-refractivity contribution in [3.8, 4) is 0 Å². The van der Waals surface area contributed by atoms with Gasteiger partial charge in [-0.3, -0.25) is 0 Å². The summed E-state index contributed by atoms with van der Waals surface area (Å²) in [4.78, 5) is 0. The third-order valence-corrected chi connectivity index (χ3v) is 9.93. The fourth-order valence-electron chi connectivity index (χ4n) is 3.78. The van der Waals surface area contributed by atoms with E-state index in [4.69, 9.17) is 0 Å². The quantitative estimate of drug-likeness (QED) is 0.650. The van der Waals surface area contributed by atoms with Gasteiger partial charge in [0.25, 0.3) is 0 Å². The van der Waals surface area contributed by atoms with Crippen molar-refractivity contribution in [3.05, 3.63) is 30.3 Å². The standard InChI is InChI=1S/C18H30Si/c1-18(2,3)15-11-13-17(14-12-15)19(4,5)16-9-7-6-8-10-16/h6-10,15,17H,11-14H2,1-5H3. The van der Waals surface area contributed by atoms with Crippen molar-refractivity contribution in [3.63, 3.8) is 0 Å². The van der Waals surface area contributed by atoms with Gasteiger partial charge in [0, 0.05) is 0 Å². The van der Waals surface area contributed by atoms with Gasteiger partial charge in [-0.2, -0.15) is 0 Å². The highest BCUT2D eigenvalue weighted by atomic mass is 28.3. The predicted molar refractivity (Wildman–Crippen MR) is 88.7 cm³/mol. The monoisotopic (exact) mass is 274 g/mol. The zero-order valence-corrected chi connectivity index (χ0v) is 14.4. The van der Waals surface area contributed by atoms with Crippen molar-refractivity contribution in [1.29, 1.82) is 0 Å². The second-order valence-electron chi connectivity index (χ2n) is 8.00. The van der Waals surface area contributed by atoms with Crippen LogP contribution in [0, 0.1) is 11.3 Å². The first-order valence-electron chi connectivity index (χ1n) is 7.87. The van der Waals surface area contributed by atoms with Crippen molar-refractivity contribution in [2.45, 2.75) is 65.1 Å². The van der Waals surface area contributed by atoms with Crippen LogP contribution in [0.5, 0.6) is 0 Å². The molecule has 0 nitrogen and oxygen atoms in total. The van der Waals surface area contributed by atoms with E-state index < -0.39 is 8.07 Å². The van der Waals surface area contributed by atoms with Gasteiger partial charge < -0.3 is 0 Å². The Morgan fingerprint density at radius 1 is 0.895 bits per heavy atom. The summed E-state index contributed by atoms with van der Waals surface area (Å²) >= 11 is 0. The average Bonchev–Trinajstić information content (AvgIpc) is 2.39. The summed E-state index contributed by atoms with van der Waals surface area (Å²) < 4.78 is 0. The molecule has 0 saturated heterocycles. The minimum atomic E-state index is -1.27. The molecule has 0 aliphatic heterocycles. The van der Waals surface area contributed by atoms with Gasteiger partial charge in [-0.05, 0) is 29.7 Å². The fourth-order valence-corrected chi connectivity index (χ4v) is 7.08. The molecular formula is C18H30Si. The highest BCUT2D eigenvalue weighted by Crippen LogP contribution is 2.45. The number of hydrogen-bond donors (Lipinski definition) is 0. The molecule has 1 aliphatic carbocycles. The Morgan fingerprint density at radius 2 is 1.42 bits per heavy atom. The molecule has 106 valence electrons. The van der Waals surface area contributed by atoms with E-state index in [-0.39, 0.29) is 0 Å². The van der Waals surface area contributed by atoms with Gasteiger partial charge in [-0.15, -0.1) is 0 Å². The molecule has 2 rings (SSSR count). The lowest BCUT2D eigenvalue weighted by atomic mass is 9.72. The van der Waals surface area contributed by atoms with Crippen molar-refractivity contribution in [1.82, 2.24) is 0 Å². The number of rotatable bonds is 2. The minimum absolute atomic E-state index is 0.503. The zero-order valence-electron chi connectivity index (χ0n) is 13.4. The molecule has 0 amide bonds. The zero-order chi connectivity index (χ0) is 14.1. The van der Waals surface area contributed by atoms with Crippen molar-refractivity contribution >= 4 is 13.3 Å². The lowest BCUT2D eigenvalue weighted by Crippen LogP contribution is -2.47. The topological polar surface area (TPSA) is 0 Å². The number of benzene rings is 1. The molecule has 1 fully saturated rings. The molecule has 0 atom stereocenters. The van der Waals surface area contributed by atoms with E-state index in [2.05, 4.69) is 64.2 Å². The highest BCUT2D eigenvalue weighted by Gasteiger charge is 2.38. The normalized spacial score (nSPS) is 25.3. The second-order valence-corrected chi connectivity index (χ2v) is 12.8. The van der Waals surface area contributed by atoms with Crippen LogP contribution in [0.4, 0.5) is 0 Å². The smallest absolute Gasteiger partial charge is 0.0652 e. The second kappa shape index (κ2) is 5.44. The lowest BCUT2D eigenvalue weighted by Gasteiger charge is -2.42. The Labute approximate surface area is 120 Å². The third-order valence-electron chi connectivity index (χ3n) is 5.49. The van der Waals surface area contributed by atoms with Crippen molar-refractivity contribution in [2.75, 3.05) is 0 Å². The van der Waals surface area contributed by atoms with Crippen LogP contribution in [0.25, 0.3) is 0 Å². The Hall–Kier alpha value is -0.563. The minimum Gasteiger partial charge on any atom is -0.0652 e. The Kier molecular flexibility index (Phi) is 4.25. The molecule has 19 heavy (non-hydrogen) atoms. The first-order chi connectivity index (χ1) is 8.82. The molecule has 1 aromatic rings. The van der Waals surface area contributed by atoms with Crippen molar-refractivity contribution in [2.24, 2.45) is 11.3 Å². The van der Waals surface area contributed by atoms with Crippen LogP contribution < -0.4 is 5.19 Å². The summed E-state index contributed by atoms with van der Waals surface area (Å²) in [7, 11) is -1.27. The van der Waals surface area contributed by atoms with E-state index in [0.29, 0.717) is 5.41 Å². The van der Waals surface area contributed by atoms with Gasteiger partial charge in [0.05, 0.1) is 8.07 Å². The predicted octanol–water partition coefficient (Wildman–Crippen LogP) is 5.21. The first-order valence-corrected chi connectivity index (χ1v) is 10.9. The summed E-state index contributed by atoms with van der Waals surface area (Å²) in [6.07, 6.45) is 5.79. The SMILES string of the molecule is CC(C)(C)C1CCC([Si](C)(C)c2ccccc2)CC1. The molecule has 0 unspecified atom stereocenters. The first kappa shape index (κ1) is 14.8. The highest BCUT2D eigenvalue weighted by molar-refractivity contribution is 6.91. The largest absolute Gasteiger partial charge is 0.0836 e. The fraction of sp³-hybridized carbons (Fsp3) is 0.667. The Balaban J connectivity index is 2.05. The van der Waals surface area contributed by atoms with E-state index in [9.17, 15) is 0 Å². The molecule has 0 spiro atoms. The van der Waals surface area contributed by atoms with E-state index in [1.165, 1.54) is 25.7 Å². The number of hydrogen-bond acceptors (Lipinski definition) is 0. The summed E-state index contributed by atoms with van der Waals surface area (Å²) in [5.74, 6) is 0.935. The lowest BCUT2D eigenvalue weighted by molar-refractivity contribution is 0.178. The maximum absolute atomic E-state index is 2.57. The molecule has 1 heteroatoms. The molecule has 0 aromatic heterocycles. The van der Waals surface area contributed by atoms with Crippen molar-refractivity contribution < 1.29 is 0 Å². The van der Waals surface area contributed by atoms with Gasteiger partial charge in [-0.25, -0.2) is 0 Å². The van der Waals surface area contributed by atoms with Gasteiger partial charge >= 0.3 is 0 Å². The van der Waals surface area contributed by atoms with E-state index in [1.54, 1.807) is 5.19 Å². The third kappa shape index (κ3) is 3.31. The maximum Gasteiger partial charge on any atom is 0.0836 e. The van der Waals surface area contributed by atoms with Crippen LogP contribution in [0.3, 0.4) is 0 Å². The average molecular weight is 275 g/mol. The molecule has 1 saturated carbocycles. The molecule has 1 aliphatic rings. The molecule has 0 radical (unpaired) electrons. The summed E-state index contributed by atoms with van der Waals surface area (Å²) in [5, 5.41) is 1.65. The van der Waals surface area contributed by atoms with Gasteiger partial charge in [-0.1, -0.05) is 82.2 Å². The van der Waals surface area contributed by atoms with Crippen LogP contribution >= 0.6 is 0 Å². The van der Waals surface area contributed by atoms with Gasteiger partial charge in [0.2, 0.25) is 0 Å². The molecule has 0 heterocycles. The van der Waals surface area contributed by atoms with E-state index >= 15 is 0 Å². The Bertz CT molecular complexity index is 391. The van der Waals surface area contributed by atoms with E-state index in [1.807, 2.05) is 0 Å². The summed E-state index contributed by atoms with van der Waals surface area (Å²) in [6.45, 7) is 12.4. The molecule has 1 aromatic carbocycles. The van der Waals surface area contributed by atoms with Gasteiger partial charge in [0.15, 0.2) is 0 Å². The van der Waals surface area contributed by atoms with Crippen LogP contribution in [-0.2, 0) is 0 Å². The Morgan fingerprint density at radius 3 is 1.89 bits per heavy atom. The summed E-state index contributed by atoms with van der Waals surface area (Å²) in [5.41, 5.74) is 1.48. The van der Waals surface area contributed by atoms with Gasteiger partial charge in [0.1, 0.15) is 0 Å². The van der Waals surface area contributed by atoms with Crippen LogP contribution in [0.2, 0.25) is 18.6 Å². The molecule has 0 bridgehead atoms. The molecular weight excluding hydrogens is 244 g/mol. The molecule has 0 N–H and O–H groups in total. The summed E-state index contributed by atoms with van der Waals surface area (Å²) in [6, 6.07) is 11.3.